The zero-order valence-corrected chi connectivity index (χ0v) is 11.1. The van der Waals surface area contributed by atoms with Gasteiger partial charge >= 0.3 is 0 Å². The molecule has 2 heteroatoms. The number of rotatable bonds is 3. The van der Waals surface area contributed by atoms with E-state index >= 15 is 0 Å². The van der Waals surface area contributed by atoms with Gasteiger partial charge in [0.15, 0.2) is 0 Å². The molecule has 0 amide bonds. The first-order chi connectivity index (χ1) is 8.20. The van der Waals surface area contributed by atoms with Gasteiger partial charge in [-0.15, -0.1) is 0 Å². The highest BCUT2D eigenvalue weighted by Gasteiger charge is 2.17. The molecule has 2 rings (SSSR count). The van der Waals surface area contributed by atoms with Gasteiger partial charge in [-0.1, -0.05) is 19.1 Å². The predicted molar refractivity (Wildman–Crippen MR) is 74.5 cm³/mol. The summed E-state index contributed by atoms with van der Waals surface area (Å²) >= 11 is 0. The van der Waals surface area contributed by atoms with E-state index in [0.29, 0.717) is 0 Å². The van der Waals surface area contributed by atoms with E-state index in [2.05, 4.69) is 48.8 Å². The highest BCUT2D eigenvalue weighted by Crippen LogP contribution is 2.22. The summed E-state index contributed by atoms with van der Waals surface area (Å²) in [6.45, 7) is 14.1. The predicted octanol–water partition coefficient (Wildman–Crippen LogP) is 2.65. The summed E-state index contributed by atoms with van der Waals surface area (Å²) in [6, 6.07) is 6.73. The van der Waals surface area contributed by atoms with Crippen molar-refractivity contribution in [3.8, 4) is 0 Å². The van der Waals surface area contributed by atoms with Gasteiger partial charge < -0.3 is 4.90 Å². The molecule has 0 aromatic heterocycles. The van der Waals surface area contributed by atoms with Crippen molar-refractivity contribution in [1.29, 1.82) is 0 Å². The van der Waals surface area contributed by atoms with Crippen LogP contribution in [0.25, 0.3) is 0 Å². The summed E-state index contributed by atoms with van der Waals surface area (Å²) in [5.74, 6) is 0. The van der Waals surface area contributed by atoms with E-state index < -0.39 is 0 Å². The van der Waals surface area contributed by atoms with E-state index in [0.717, 1.165) is 26.1 Å². The van der Waals surface area contributed by atoms with Crippen molar-refractivity contribution in [1.82, 2.24) is 4.90 Å². The molecule has 1 aliphatic heterocycles. The maximum absolute atomic E-state index is 3.93. The molecular weight excluding hydrogens is 208 g/mol. The molecule has 0 spiro atoms. The summed E-state index contributed by atoms with van der Waals surface area (Å²) in [7, 11) is 0. The lowest BCUT2D eigenvalue weighted by molar-refractivity contribution is 0.262. The zero-order valence-electron chi connectivity index (χ0n) is 11.1. The van der Waals surface area contributed by atoms with Crippen LogP contribution in [0.4, 0.5) is 5.69 Å². The van der Waals surface area contributed by atoms with Crippen LogP contribution in [0.3, 0.4) is 0 Å². The van der Waals surface area contributed by atoms with Crippen molar-refractivity contribution in [3.05, 3.63) is 36.2 Å². The molecule has 2 nitrogen and oxygen atoms in total. The third-order valence-corrected chi connectivity index (χ3v) is 3.55. The van der Waals surface area contributed by atoms with Crippen molar-refractivity contribution in [2.24, 2.45) is 0 Å². The Balaban J connectivity index is 2.02. The largest absolute Gasteiger partial charge is 0.369 e. The van der Waals surface area contributed by atoms with E-state index in [1.807, 2.05) is 0 Å². The number of hydrogen-bond acceptors (Lipinski definition) is 2. The number of piperazine rings is 1. The maximum atomic E-state index is 3.93. The standard InChI is InChI=1S/C15H23N2/c1-4-7-16-8-10-17(11-9-16)15-12-13(2)5-6-14(15)3/h5-6,12H,1,4,7-11H2,2-3H3. The van der Waals surface area contributed by atoms with Crippen LogP contribution >= 0.6 is 0 Å². The lowest BCUT2D eigenvalue weighted by atomic mass is 10.1. The van der Waals surface area contributed by atoms with Crippen LogP contribution in [-0.4, -0.2) is 37.6 Å². The first-order valence-corrected chi connectivity index (χ1v) is 6.54. The Labute approximate surface area is 105 Å². The SMILES string of the molecule is [CH2]CCN1CCN(c2cc(C)ccc2C)CC1. The van der Waals surface area contributed by atoms with Gasteiger partial charge in [-0.2, -0.15) is 0 Å². The lowest BCUT2D eigenvalue weighted by Crippen LogP contribution is -2.46. The van der Waals surface area contributed by atoms with E-state index in [-0.39, 0.29) is 0 Å². The molecular formula is C15H23N2. The Morgan fingerprint density at radius 3 is 2.47 bits per heavy atom. The van der Waals surface area contributed by atoms with Gasteiger partial charge in [-0.25, -0.2) is 0 Å². The van der Waals surface area contributed by atoms with Gasteiger partial charge in [0.1, 0.15) is 0 Å². The minimum atomic E-state index is 1.02. The molecule has 0 aliphatic carbocycles. The summed E-state index contributed by atoms with van der Waals surface area (Å²) in [4.78, 5) is 5.02. The highest BCUT2D eigenvalue weighted by molar-refractivity contribution is 5.55. The molecule has 1 radical (unpaired) electrons. The summed E-state index contributed by atoms with van der Waals surface area (Å²) in [5.41, 5.74) is 4.16. The minimum Gasteiger partial charge on any atom is -0.369 e. The van der Waals surface area contributed by atoms with Crippen molar-refractivity contribution in [2.75, 3.05) is 37.6 Å². The Hall–Kier alpha value is -1.02. The normalized spacial score (nSPS) is 17.5. The van der Waals surface area contributed by atoms with Gasteiger partial charge in [0.2, 0.25) is 0 Å². The fraction of sp³-hybridized carbons (Fsp3) is 0.533. The first-order valence-electron chi connectivity index (χ1n) is 6.54. The van der Waals surface area contributed by atoms with Crippen molar-refractivity contribution < 1.29 is 0 Å². The monoisotopic (exact) mass is 231 g/mol. The summed E-state index contributed by atoms with van der Waals surface area (Å²) in [5, 5.41) is 0. The molecule has 0 atom stereocenters. The second-order valence-corrected chi connectivity index (χ2v) is 4.97. The maximum Gasteiger partial charge on any atom is 0.0399 e. The summed E-state index contributed by atoms with van der Waals surface area (Å²) in [6.07, 6.45) is 1.02. The number of benzene rings is 1. The van der Waals surface area contributed by atoms with Crippen LogP contribution in [0.2, 0.25) is 0 Å². The van der Waals surface area contributed by atoms with Gasteiger partial charge in [0.05, 0.1) is 0 Å². The van der Waals surface area contributed by atoms with Gasteiger partial charge in [-0.05, 0) is 44.0 Å². The van der Waals surface area contributed by atoms with Gasteiger partial charge in [-0.3, -0.25) is 4.90 Å². The summed E-state index contributed by atoms with van der Waals surface area (Å²) < 4.78 is 0. The molecule has 1 aliphatic rings. The average molecular weight is 231 g/mol. The zero-order chi connectivity index (χ0) is 12.3. The van der Waals surface area contributed by atoms with Gasteiger partial charge in [0.25, 0.3) is 0 Å². The molecule has 0 N–H and O–H groups in total. The second kappa shape index (κ2) is 5.54. The molecule has 1 saturated heterocycles. The first kappa shape index (κ1) is 12.4. The number of nitrogens with zero attached hydrogens (tertiary/aromatic N) is 2. The Kier molecular flexibility index (Phi) is 4.06. The molecule has 0 bridgehead atoms. The van der Waals surface area contributed by atoms with Crippen LogP contribution < -0.4 is 4.90 Å². The van der Waals surface area contributed by atoms with Crippen LogP contribution in [0.5, 0.6) is 0 Å². The van der Waals surface area contributed by atoms with Crippen molar-refractivity contribution >= 4 is 5.69 Å². The van der Waals surface area contributed by atoms with Crippen LogP contribution in [-0.2, 0) is 0 Å². The van der Waals surface area contributed by atoms with Gasteiger partial charge in [0, 0.05) is 31.9 Å². The van der Waals surface area contributed by atoms with E-state index in [1.54, 1.807) is 0 Å². The topological polar surface area (TPSA) is 6.48 Å². The third-order valence-electron chi connectivity index (χ3n) is 3.55. The van der Waals surface area contributed by atoms with E-state index in [9.17, 15) is 0 Å². The Bertz CT molecular complexity index is 365. The van der Waals surface area contributed by atoms with Crippen molar-refractivity contribution in [2.45, 2.75) is 20.3 Å². The Morgan fingerprint density at radius 2 is 1.82 bits per heavy atom. The number of hydrogen-bond donors (Lipinski definition) is 0. The second-order valence-electron chi connectivity index (χ2n) is 4.97. The third kappa shape index (κ3) is 3.01. The molecule has 1 aromatic carbocycles. The quantitative estimate of drug-likeness (QED) is 0.789. The highest BCUT2D eigenvalue weighted by atomic mass is 15.3. The molecule has 0 unspecified atom stereocenters. The molecule has 17 heavy (non-hydrogen) atoms. The minimum absolute atomic E-state index is 1.02. The van der Waals surface area contributed by atoms with Crippen LogP contribution in [0, 0.1) is 20.8 Å². The molecule has 0 saturated carbocycles. The molecule has 1 fully saturated rings. The Morgan fingerprint density at radius 1 is 1.12 bits per heavy atom. The smallest absolute Gasteiger partial charge is 0.0399 e. The van der Waals surface area contributed by atoms with Crippen LogP contribution in [0.15, 0.2) is 18.2 Å². The number of anilines is 1. The fourth-order valence-electron chi connectivity index (χ4n) is 2.50. The fourth-order valence-corrected chi connectivity index (χ4v) is 2.50. The molecule has 1 aromatic rings. The molecule has 93 valence electrons. The molecule has 1 heterocycles. The van der Waals surface area contributed by atoms with E-state index in [4.69, 9.17) is 0 Å². The number of aryl methyl sites for hydroxylation is 2. The van der Waals surface area contributed by atoms with Crippen LogP contribution in [0.1, 0.15) is 17.5 Å². The van der Waals surface area contributed by atoms with Crippen molar-refractivity contribution in [3.63, 3.8) is 0 Å². The van der Waals surface area contributed by atoms with E-state index in [1.165, 1.54) is 29.9 Å². The average Bonchev–Trinajstić information content (AvgIpc) is 2.34. The lowest BCUT2D eigenvalue weighted by Gasteiger charge is -2.36.